The van der Waals surface area contributed by atoms with Gasteiger partial charge < -0.3 is 4.74 Å². The van der Waals surface area contributed by atoms with Gasteiger partial charge in [-0.15, -0.1) is 0 Å². The van der Waals surface area contributed by atoms with Gasteiger partial charge in [-0.05, 0) is 25.0 Å². The number of benzene rings is 1. The number of aryl methyl sites for hydroxylation is 1. The lowest BCUT2D eigenvalue weighted by molar-refractivity contribution is 0.320. The Labute approximate surface area is 103 Å². The SMILES string of the molecule is CCCS(=O)(=O)NCCOc1ccccc1C. The Bertz CT molecular complexity index is 443. The molecule has 0 aliphatic carbocycles. The summed E-state index contributed by atoms with van der Waals surface area (Å²) in [5, 5.41) is 0. The van der Waals surface area contributed by atoms with Crippen LogP contribution in [0.25, 0.3) is 0 Å². The van der Waals surface area contributed by atoms with Crippen LogP contribution in [-0.4, -0.2) is 27.3 Å². The molecule has 0 saturated carbocycles. The fourth-order valence-corrected chi connectivity index (χ4v) is 2.49. The molecule has 0 spiro atoms. The molecule has 1 rings (SSSR count). The van der Waals surface area contributed by atoms with Crippen LogP contribution in [-0.2, 0) is 10.0 Å². The number of ether oxygens (including phenoxy) is 1. The minimum Gasteiger partial charge on any atom is -0.492 e. The van der Waals surface area contributed by atoms with E-state index in [0.717, 1.165) is 11.3 Å². The summed E-state index contributed by atoms with van der Waals surface area (Å²) in [6.07, 6.45) is 0.619. The average Bonchev–Trinajstić information content (AvgIpc) is 2.26. The van der Waals surface area contributed by atoms with Crippen molar-refractivity contribution < 1.29 is 13.2 Å². The number of nitrogens with one attached hydrogen (secondary N) is 1. The van der Waals surface area contributed by atoms with Crippen LogP contribution in [0, 0.1) is 6.92 Å². The molecule has 0 unspecified atom stereocenters. The number of para-hydroxylation sites is 1. The van der Waals surface area contributed by atoms with Crippen LogP contribution in [0.15, 0.2) is 24.3 Å². The molecule has 0 saturated heterocycles. The summed E-state index contributed by atoms with van der Waals surface area (Å²) in [5.74, 6) is 0.958. The molecule has 96 valence electrons. The maximum Gasteiger partial charge on any atom is 0.211 e. The van der Waals surface area contributed by atoms with Gasteiger partial charge in [0.2, 0.25) is 10.0 Å². The highest BCUT2D eigenvalue weighted by molar-refractivity contribution is 7.89. The molecule has 0 fully saturated rings. The van der Waals surface area contributed by atoms with Gasteiger partial charge in [0.1, 0.15) is 12.4 Å². The minimum absolute atomic E-state index is 0.164. The molecule has 0 aliphatic rings. The quantitative estimate of drug-likeness (QED) is 0.756. The zero-order valence-electron chi connectivity index (χ0n) is 10.3. The maximum absolute atomic E-state index is 11.3. The first kappa shape index (κ1) is 14.0. The largest absolute Gasteiger partial charge is 0.492 e. The molecule has 1 N–H and O–H groups in total. The molecule has 4 nitrogen and oxygen atoms in total. The van der Waals surface area contributed by atoms with Gasteiger partial charge in [0, 0.05) is 6.54 Å². The summed E-state index contributed by atoms with van der Waals surface area (Å²) < 4.78 is 30.7. The Balaban J connectivity index is 2.32. The van der Waals surface area contributed by atoms with Gasteiger partial charge in [-0.1, -0.05) is 25.1 Å². The number of rotatable bonds is 7. The van der Waals surface area contributed by atoms with Crippen molar-refractivity contribution in [1.82, 2.24) is 4.72 Å². The van der Waals surface area contributed by atoms with E-state index in [1.165, 1.54) is 0 Å². The lowest BCUT2D eigenvalue weighted by atomic mass is 10.2. The monoisotopic (exact) mass is 257 g/mol. The lowest BCUT2D eigenvalue weighted by Gasteiger charge is -2.09. The van der Waals surface area contributed by atoms with Crippen molar-refractivity contribution in [2.45, 2.75) is 20.3 Å². The fourth-order valence-electron chi connectivity index (χ4n) is 1.42. The first-order chi connectivity index (χ1) is 8.05. The zero-order valence-corrected chi connectivity index (χ0v) is 11.1. The first-order valence-corrected chi connectivity index (χ1v) is 7.36. The molecule has 0 heterocycles. The zero-order chi connectivity index (χ0) is 12.7. The molecule has 0 atom stereocenters. The van der Waals surface area contributed by atoms with Gasteiger partial charge in [0.05, 0.1) is 5.75 Å². The number of hydrogen-bond acceptors (Lipinski definition) is 3. The Hall–Kier alpha value is -1.07. The number of sulfonamides is 1. The molecule has 0 aromatic heterocycles. The molecular weight excluding hydrogens is 238 g/mol. The minimum atomic E-state index is -3.13. The van der Waals surface area contributed by atoms with Gasteiger partial charge in [-0.3, -0.25) is 0 Å². The maximum atomic E-state index is 11.3. The summed E-state index contributed by atoms with van der Waals surface area (Å²) in [5.41, 5.74) is 1.05. The van der Waals surface area contributed by atoms with Crippen LogP contribution in [0.3, 0.4) is 0 Å². The molecule has 0 radical (unpaired) electrons. The molecule has 0 bridgehead atoms. The van der Waals surface area contributed by atoms with Gasteiger partial charge in [-0.25, -0.2) is 13.1 Å². The van der Waals surface area contributed by atoms with Crippen LogP contribution in [0.2, 0.25) is 0 Å². The molecule has 1 aromatic rings. The Morgan fingerprint density at radius 2 is 2.00 bits per heavy atom. The molecule has 0 amide bonds. The van der Waals surface area contributed by atoms with Crippen molar-refractivity contribution in [3.8, 4) is 5.75 Å². The fraction of sp³-hybridized carbons (Fsp3) is 0.500. The van der Waals surface area contributed by atoms with E-state index in [9.17, 15) is 8.42 Å². The van der Waals surface area contributed by atoms with Crippen molar-refractivity contribution in [2.75, 3.05) is 18.9 Å². The first-order valence-electron chi connectivity index (χ1n) is 5.71. The van der Waals surface area contributed by atoms with Crippen molar-refractivity contribution in [3.05, 3.63) is 29.8 Å². The summed E-state index contributed by atoms with van der Waals surface area (Å²) >= 11 is 0. The van der Waals surface area contributed by atoms with Gasteiger partial charge in [0.15, 0.2) is 0 Å². The Morgan fingerprint density at radius 1 is 1.29 bits per heavy atom. The molecule has 17 heavy (non-hydrogen) atoms. The third kappa shape index (κ3) is 5.19. The van der Waals surface area contributed by atoms with E-state index in [0.29, 0.717) is 19.6 Å². The lowest BCUT2D eigenvalue weighted by Crippen LogP contribution is -2.30. The standard InChI is InChI=1S/C12H19NO3S/c1-3-10-17(14,15)13-8-9-16-12-7-5-4-6-11(12)2/h4-7,13H,3,8-10H2,1-2H3. The second-order valence-corrected chi connectivity index (χ2v) is 5.75. The van der Waals surface area contributed by atoms with Crippen LogP contribution < -0.4 is 9.46 Å². The molecular formula is C12H19NO3S. The highest BCUT2D eigenvalue weighted by Gasteiger charge is 2.07. The van der Waals surface area contributed by atoms with E-state index in [-0.39, 0.29) is 5.75 Å². The summed E-state index contributed by atoms with van der Waals surface area (Å²) in [4.78, 5) is 0. The van der Waals surface area contributed by atoms with Crippen molar-refractivity contribution in [1.29, 1.82) is 0 Å². The third-order valence-electron chi connectivity index (χ3n) is 2.25. The van der Waals surface area contributed by atoms with E-state index < -0.39 is 10.0 Å². The predicted molar refractivity (Wildman–Crippen MR) is 68.8 cm³/mol. The smallest absolute Gasteiger partial charge is 0.211 e. The molecule has 0 aliphatic heterocycles. The van der Waals surface area contributed by atoms with Crippen LogP contribution in [0.4, 0.5) is 0 Å². The van der Waals surface area contributed by atoms with Gasteiger partial charge in [0.25, 0.3) is 0 Å². The Kier molecular flexibility index (Phi) is 5.44. The molecule has 1 aromatic carbocycles. The topological polar surface area (TPSA) is 55.4 Å². The highest BCUT2D eigenvalue weighted by Crippen LogP contribution is 2.15. The van der Waals surface area contributed by atoms with Crippen LogP contribution >= 0.6 is 0 Å². The van der Waals surface area contributed by atoms with Crippen molar-refractivity contribution >= 4 is 10.0 Å². The second kappa shape index (κ2) is 6.61. The highest BCUT2D eigenvalue weighted by atomic mass is 32.2. The van der Waals surface area contributed by atoms with E-state index in [2.05, 4.69) is 4.72 Å². The average molecular weight is 257 g/mol. The van der Waals surface area contributed by atoms with Gasteiger partial charge in [-0.2, -0.15) is 0 Å². The van der Waals surface area contributed by atoms with E-state index in [4.69, 9.17) is 4.74 Å². The van der Waals surface area contributed by atoms with Gasteiger partial charge >= 0.3 is 0 Å². The Morgan fingerprint density at radius 3 is 2.65 bits per heavy atom. The molecule has 5 heteroatoms. The second-order valence-electron chi connectivity index (χ2n) is 3.83. The summed E-state index contributed by atoms with van der Waals surface area (Å²) in [6, 6.07) is 7.65. The van der Waals surface area contributed by atoms with E-state index in [1.54, 1.807) is 0 Å². The van der Waals surface area contributed by atoms with Crippen LogP contribution in [0.1, 0.15) is 18.9 Å². The normalized spacial score (nSPS) is 11.4. The predicted octanol–water partition coefficient (Wildman–Crippen LogP) is 1.70. The third-order valence-corrected chi connectivity index (χ3v) is 3.84. The van der Waals surface area contributed by atoms with E-state index in [1.807, 2.05) is 38.1 Å². The summed E-state index contributed by atoms with van der Waals surface area (Å²) in [7, 11) is -3.13. The van der Waals surface area contributed by atoms with Crippen molar-refractivity contribution in [3.63, 3.8) is 0 Å². The van der Waals surface area contributed by atoms with E-state index >= 15 is 0 Å². The van der Waals surface area contributed by atoms with Crippen LogP contribution in [0.5, 0.6) is 5.75 Å². The van der Waals surface area contributed by atoms with Crippen molar-refractivity contribution in [2.24, 2.45) is 0 Å². The summed E-state index contributed by atoms with van der Waals surface area (Å²) in [6.45, 7) is 4.43. The number of hydrogen-bond donors (Lipinski definition) is 1.